The number of methoxy groups -OCH3 is 1. The molecule has 0 aliphatic rings. The molecule has 30 heavy (non-hydrogen) atoms. The fourth-order valence-corrected chi connectivity index (χ4v) is 3.40. The van der Waals surface area contributed by atoms with E-state index >= 15 is 0 Å². The lowest BCUT2D eigenvalue weighted by molar-refractivity contribution is 0.142. The van der Waals surface area contributed by atoms with Crippen molar-refractivity contribution in [2.45, 2.75) is 19.9 Å². The second-order valence-electron chi connectivity index (χ2n) is 6.81. The fraction of sp³-hybridized carbons (Fsp3) is 0.261. The zero-order valence-corrected chi connectivity index (χ0v) is 17.2. The Kier molecular flexibility index (Phi) is 6.20. The first kappa shape index (κ1) is 19.8. The van der Waals surface area contributed by atoms with Crippen LogP contribution in [0.3, 0.4) is 0 Å². The van der Waals surface area contributed by atoms with Crippen LogP contribution in [-0.4, -0.2) is 40.1 Å². The maximum absolute atomic E-state index is 5.53. The van der Waals surface area contributed by atoms with Crippen LogP contribution in [0.15, 0.2) is 60.9 Å². The van der Waals surface area contributed by atoms with E-state index in [0.29, 0.717) is 19.2 Å². The third-order valence-electron chi connectivity index (χ3n) is 4.86. The summed E-state index contributed by atoms with van der Waals surface area (Å²) in [6.07, 6.45) is 4.56. The zero-order chi connectivity index (χ0) is 20.8. The number of benzene rings is 2. The molecule has 0 bridgehead atoms. The van der Waals surface area contributed by atoms with E-state index in [-0.39, 0.29) is 0 Å². The molecule has 4 rings (SSSR count). The van der Waals surface area contributed by atoms with Gasteiger partial charge in [-0.3, -0.25) is 9.55 Å². The van der Waals surface area contributed by atoms with Crippen molar-refractivity contribution in [3.8, 4) is 17.1 Å². The molecule has 2 aromatic carbocycles. The summed E-state index contributed by atoms with van der Waals surface area (Å²) in [5, 5.41) is 14.5. The molecular weight excluding hydrogens is 378 g/mol. The lowest BCUT2D eigenvalue weighted by Crippen LogP contribution is -2.08. The van der Waals surface area contributed by atoms with Crippen molar-refractivity contribution in [1.29, 1.82) is 0 Å². The van der Waals surface area contributed by atoms with E-state index in [1.165, 1.54) is 0 Å². The number of anilines is 2. The van der Waals surface area contributed by atoms with Gasteiger partial charge in [0.1, 0.15) is 5.75 Å². The Hall–Kier alpha value is -3.45. The number of hydrogen-bond donors (Lipinski definition) is 1. The summed E-state index contributed by atoms with van der Waals surface area (Å²) < 4.78 is 12.9. The predicted molar refractivity (Wildman–Crippen MR) is 118 cm³/mol. The van der Waals surface area contributed by atoms with Gasteiger partial charge in [0, 0.05) is 54.9 Å². The van der Waals surface area contributed by atoms with Crippen molar-refractivity contribution < 1.29 is 9.47 Å². The molecule has 0 saturated heterocycles. The second kappa shape index (κ2) is 9.37. The smallest absolute Gasteiger partial charge is 0.229 e. The van der Waals surface area contributed by atoms with Gasteiger partial charge in [-0.05, 0) is 30.9 Å². The highest BCUT2D eigenvalue weighted by atomic mass is 16.5. The second-order valence-corrected chi connectivity index (χ2v) is 6.81. The summed E-state index contributed by atoms with van der Waals surface area (Å²) in [7, 11) is 1.65. The number of ether oxygens (including phenoxy) is 2. The van der Waals surface area contributed by atoms with Gasteiger partial charge in [-0.25, -0.2) is 0 Å². The lowest BCUT2D eigenvalue weighted by atomic mass is 10.1. The van der Waals surface area contributed by atoms with Crippen molar-refractivity contribution in [3.63, 3.8) is 0 Å². The Morgan fingerprint density at radius 3 is 2.80 bits per heavy atom. The minimum absolute atomic E-state index is 0.669. The summed E-state index contributed by atoms with van der Waals surface area (Å²) in [5.41, 5.74) is 1.84. The van der Waals surface area contributed by atoms with Crippen LogP contribution in [0.4, 0.5) is 11.6 Å². The Morgan fingerprint density at radius 2 is 1.93 bits per heavy atom. The van der Waals surface area contributed by atoms with Crippen molar-refractivity contribution in [2.24, 2.45) is 0 Å². The minimum atomic E-state index is 0.669. The quantitative estimate of drug-likeness (QED) is 0.409. The predicted octanol–water partition coefficient (Wildman–Crippen LogP) is 4.67. The van der Waals surface area contributed by atoms with Gasteiger partial charge in [0.2, 0.25) is 5.95 Å². The molecular formula is C23H25N5O2. The van der Waals surface area contributed by atoms with Gasteiger partial charge in [-0.2, -0.15) is 0 Å². The van der Waals surface area contributed by atoms with Crippen LogP contribution in [-0.2, 0) is 11.3 Å². The summed E-state index contributed by atoms with van der Waals surface area (Å²) in [6, 6.07) is 15.9. The Balaban J connectivity index is 1.72. The van der Waals surface area contributed by atoms with Crippen LogP contribution in [0, 0.1) is 0 Å². The molecule has 4 aromatic rings. The van der Waals surface area contributed by atoms with Crippen LogP contribution in [0.2, 0.25) is 0 Å². The van der Waals surface area contributed by atoms with Crippen molar-refractivity contribution in [1.82, 2.24) is 19.7 Å². The molecule has 2 heterocycles. The molecule has 0 aliphatic carbocycles. The molecule has 0 saturated carbocycles. The zero-order valence-electron chi connectivity index (χ0n) is 17.2. The van der Waals surface area contributed by atoms with E-state index in [0.717, 1.165) is 46.6 Å². The lowest BCUT2D eigenvalue weighted by Gasteiger charge is -2.13. The molecule has 0 unspecified atom stereocenters. The van der Waals surface area contributed by atoms with Crippen molar-refractivity contribution >= 4 is 22.4 Å². The molecule has 154 valence electrons. The van der Waals surface area contributed by atoms with Gasteiger partial charge in [0.05, 0.1) is 7.11 Å². The number of rotatable bonds is 9. The number of pyridine rings is 1. The van der Waals surface area contributed by atoms with Gasteiger partial charge < -0.3 is 14.8 Å². The van der Waals surface area contributed by atoms with Gasteiger partial charge in [0.25, 0.3) is 0 Å². The van der Waals surface area contributed by atoms with Gasteiger partial charge in [-0.1, -0.05) is 30.3 Å². The Labute approximate surface area is 175 Å². The standard InChI is InChI=1S/C23H25N5O2/c1-3-30-13-7-12-28-22(21-16-24-15-17-8-4-5-11-20(17)21)26-27-23(28)25-18-9-6-10-19(14-18)29-2/h4-6,8-11,14-16H,3,7,12-13H2,1-2H3,(H,25,27). The highest BCUT2D eigenvalue weighted by molar-refractivity contribution is 5.94. The highest BCUT2D eigenvalue weighted by Crippen LogP contribution is 2.29. The average molecular weight is 403 g/mol. The van der Waals surface area contributed by atoms with Gasteiger partial charge >= 0.3 is 0 Å². The first-order valence-electron chi connectivity index (χ1n) is 10.0. The van der Waals surface area contributed by atoms with Crippen molar-refractivity contribution in [2.75, 3.05) is 25.6 Å². The highest BCUT2D eigenvalue weighted by Gasteiger charge is 2.16. The van der Waals surface area contributed by atoms with Crippen LogP contribution < -0.4 is 10.1 Å². The Morgan fingerprint density at radius 1 is 1.03 bits per heavy atom. The summed E-state index contributed by atoms with van der Waals surface area (Å²) in [6.45, 7) is 4.11. The van der Waals surface area contributed by atoms with E-state index in [4.69, 9.17) is 9.47 Å². The SMILES string of the molecule is CCOCCCn1c(Nc2cccc(OC)c2)nnc1-c1cncc2ccccc12. The summed E-state index contributed by atoms with van der Waals surface area (Å²) in [5.74, 6) is 2.23. The molecule has 0 aliphatic heterocycles. The normalized spacial score (nSPS) is 11.0. The fourth-order valence-electron chi connectivity index (χ4n) is 3.40. The number of nitrogens with one attached hydrogen (secondary N) is 1. The largest absolute Gasteiger partial charge is 0.497 e. The van der Waals surface area contributed by atoms with Crippen LogP contribution >= 0.6 is 0 Å². The Bertz CT molecular complexity index is 1120. The van der Waals surface area contributed by atoms with E-state index in [1.54, 1.807) is 7.11 Å². The van der Waals surface area contributed by atoms with Crippen LogP contribution in [0.25, 0.3) is 22.2 Å². The van der Waals surface area contributed by atoms with Crippen LogP contribution in [0.1, 0.15) is 13.3 Å². The molecule has 7 heteroatoms. The minimum Gasteiger partial charge on any atom is -0.497 e. The number of hydrogen-bond acceptors (Lipinski definition) is 6. The molecule has 0 spiro atoms. The van der Waals surface area contributed by atoms with E-state index in [9.17, 15) is 0 Å². The first-order valence-corrected chi connectivity index (χ1v) is 10.0. The maximum atomic E-state index is 5.53. The van der Waals surface area contributed by atoms with E-state index in [2.05, 4.69) is 37.2 Å². The van der Waals surface area contributed by atoms with E-state index in [1.807, 2.05) is 55.7 Å². The summed E-state index contributed by atoms with van der Waals surface area (Å²) in [4.78, 5) is 4.41. The van der Waals surface area contributed by atoms with Gasteiger partial charge in [-0.15, -0.1) is 10.2 Å². The molecule has 1 N–H and O–H groups in total. The molecule has 7 nitrogen and oxygen atoms in total. The first-order chi connectivity index (χ1) is 14.8. The molecule has 0 atom stereocenters. The van der Waals surface area contributed by atoms with Gasteiger partial charge in [0.15, 0.2) is 5.82 Å². The number of fused-ring (bicyclic) bond motifs is 1. The topological polar surface area (TPSA) is 74.1 Å². The monoisotopic (exact) mass is 403 g/mol. The molecule has 0 radical (unpaired) electrons. The van der Waals surface area contributed by atoms with E-state index < -0.39 is 0 Å². The van der Waals surface area contributed by atoms with Crippen LogP contribution in [0.5, 0.6) is 5.75 Å². The third-order valence-corrected chi connectivity index (χ3v) is 4.86. The maximum Gasteiger partial charge on any atom is 0.229 e. The molecule has 0 amide bonds. The number of aromatic nitrogens is 4. The average Bonchev–Trinajstić information content (AvgIpc) is 3.18. The third kappa shape index (κ3) is 4.26. The number of nitrogens with zero attached hydrogens (tertiary/aromatic N) is 4. The summed E-state index contributed by atoms with van der Waals surface area (Å²) >= 11 is 0. The molecule has 2 aromatic heterocycles. The van der Waals surface area contributed by atoms with Crippen molar-refractivity contribution in [3.05, 3.63) is 60.9 Å². The molecule has 0 fully saturated rings.